The Morgan fingerprint density at radius 1 is 1.19 bits per heavy atom. The van der Waals surface area contributed by atoms with Gasteiger partial charge in [0.05, 0.1) is 5.57 Å². The fourth-order valence-corrected chi connectivity index (χ4v) is 3.42. The van der Waals surface area contributed by atoms with Gasteiger partial charge in [-0.05, 0) is 37.1 Å². The van der Waals surface area contributed by atoms with Gasteiger partial charge in [0.25, 0.3) is 5.91 Å². The molecular weight excluding hydrogens is 362 g/mol. The van der Waals surface area contributed by atoms with Crippen molar-refractivity contribution in [2.75, 3.05) is 10.6 Å². The van der Waals surface area contributed by atoms with E-state index in [2.05, 4.69) is 20.7 Å². The number of hydrogen-bond acceptors (Lipinski definition) is 4. The first-order valence-corrected chi connectivity index (χ1v) is 8.92. The van der Waals surface area contributed by atoms with Crippen molar-refractivity contribution in [1.29, 1.82) is 0 Å². The Hall–Kier alpha value is -3.12. The number of carbonyl (C=O) groups is 1. The molecule has 1 atom stereocenters. The molecule has 0 unspecified atom stereocenters. The number of fused-ring (bicyclic) bond motifs is 1. The second-order valence-electron chi connectivity index (χ2n) is 6.42. The van der Waals surface area contributed by atoms with Crippen LogP contribution < -0.4 is 10.6 Å². The minimum Gasteiger partial charge on any atom is -0.328 e. The molecule has 2 heterocycles. The molecule has 2 aromatic carbocycles. The van der Waals surface area contributed by atoms with Crippen molar-refractivity contribution in [3.8, 4) is 0 Å². The van der Waals surface area contributed by atoms with E-state index in [4.69, 9.17) is 11.6 Å². The highest BCUT2D eigenvalue weighted by molar-refractivity contribution is 6.31. The molecule has 0 spiro atoms. The Morgan fingerprint density at radius 2 is 1.96 bits per heavy atom. The van der Waals surface area contributed by atoms with Crippen LogP contribution >= 0.6 is 11.6 Å². The number of rotatable bonds is 3. The highest BCUT2D eigenvalue weighted by Crippen LogP contribution is 2.35. The van der Waals surface area contributed by atoms with Crippen molar-refractivity contribution in [3.05, 3.63) is 82.3 Å². The first-order valence-electron chi connectivity index (χ1n) is 8.54. The number of nitrogens with one attached hydrogen (secondary N) is 2. The van der Waals surface area contributed by atoms with Gasteiger partial charge >= 0.3 is 0 Å². The topological polar surface area (TPSA) is 71.8 Å². The molecule has 0 saturated heterocycles. The minimum absolute atomic E-state index is 0.208. The van der Waals surface area contributed by atoms with Gasteiger partial charge in [-0.25, -0.2) is 4.68 Å². The third kappa shape index (κ3) is 3.19. The minimum atomic E-state index is -0.371. The first kappa shape index (κ1) is 17.3. The molecule has 0 bridgehead atoms. The maximum Gasteiger partial charge on any atom is 0.255 e. The van der Waals surface area contributed by atoms with Gasteiger partial charge < -0.3 is 10.6 Å². The molecule has 7 heteroatoms. The monoisotopic (exact) mass is 379 g/mol. The fraction of sp³-hybridized carbons (Fsp3) is 0.150. The maximum absolute atomic E-state index is 13.2. The average molecular weight is 380 g/mol. The molecule has 0 fully saturated rings. The number of amides is 1. The largest absolute Gasteiger partial charge is 0.328 e. The van der Waals surface area contributed by atoms with Crippen LogP contribution in [0.25, 0.3) is 0 Å². The molecule has 1 amide bonds. The van der Waals surface area contributed by atoms with Crippen LogP contribution in [0.2, 0.25) is 5.02 Å². The van der Waals surface area contributed by atoms with E-state index in [1.165, 1.54) is 6.33 Å². The number of aryl methyl sites for hydroxylation is 1. The Morgan fingerprint density at radius 3 is 2.74 bits per heavy atom. The SMILES string of the molecule is CC1=C(C(=O)Nc2cc(Cl)ccc2C)[C@@H](c2ccccc2)n2ncnc2N1. The molecular formula is C20H18ClN5O. The van der Waals surface area contributed by atoms with E-state index >= 15 is 0 Å². The van der Waals surface area contributed by atoms with Crippen LogP contribution in [0.4, 0.5) is 11.6 Å². The summed E-state index contributed by atoms with van der Waals surface area (Å²) in [6.07, 6.45) is 1.48. The predicted octanol–water partition coefficient (Wildman–Crippen LogP) is 4.17. The van der Waals surface area contributed by atoms with E-state index < -0.39 is 0 Å². The van der Waals surface area contributed by atoms with Crippen LogP contribution in [0.1, 0.15) is 24.1 Å². The van der Waals surface area contributed by atoms with Gasteiger partial charge in [-0.2, -0.15) is 10.1 Å². The van der Waals surface area contributed by atoms with Crippen LogP contribution in [-0.2, 0) is 4.79 Å². The van der Waals surface area contributed by atoms with Crippen LogP contribution in [0.15, 0.2) is 66.1 Å². The van der Waals surface area contributed by atoms with E-state index in [0.717, 1.165) is 16.8 Å². The van der Waals surface area contributed by atoms with E-state index in [9.17, 15) is 4.79 Å². The van der Waals surface area contributed by atoms with Crippen molar-refractivity contribution in [2.45, 2.75) is 19.9 Å². The van der Waals surface area contributed by atoms with Crippen molar-refractivity contribution < 1.29 is 4.79 Å². The fourth-order valence-electron chi connectivity index (χ4n) is 3.25. The zero-order valence-corrected chi connectivity index (χ0v) is 15.7. The number of carbonyl (C=O) groups excluding carboxylic acids is 1. The van der Waals surface area contributed by atoms with Gasteiger partial charge in [0.1, 0.15) is 12.4 Å². The summed E-state index contributed by atoms with van der Waals surface area (Å²) in [5.74, 6) is 0.400. The molecule has 0 radical (unpaired) electrons. The number of benzene rings is 2. The first-order chi connectivity index (χ1) is 13.0. The van der Waals surface area contributed by atoms with E-state index in [1.807, 2.05) is 50.2 Å². The Kier molecular flexibility index (Phi) is 4.41. The third-order valence-electron chi connectivity index (χ3n) is 4.60. The summed E-state index contributed by atoms with van der Waals surface area (Å²) in [7, 11) is 0. The van der Waals surface area contributed by atoms with Crippen LogP contribution in [0.3, 0.4) is 0 Å². The summed E-state index contributed by atoms with van der Waals surface area (Å²) in [4.78, 5) is 17.5. The number of allylic oxidation sites excluding steroid dienone is 1. The molecule has 0 saturated carbocycles. The molecule has 1 aromatic heterocycles. The van der Waals surface area contributed by atoms with Gasteiger partial charge in [0.2, 0.25) is 5.95 Å². The summed E-state index contributed by atoms with van der Waals surface area (Å²) < 4.78 is 1.72. The summed E-state index contributed by atoms with van der Waals surface area (Å²) in [6.45, 7) is 3.80. The number of nitrogens with zero attached hydrogens (tertiary/aromatic N) is 3. The predicted molar refractivity (Wildman–Crippen MR) is 106 cm³/mol. The van der Waals surface area contributed by atoms with Gasteiger partial charge in [-0.3, -0.25) is 4.79 Å². The highest BCUT2D eigenvalue weighted by atomic mass is 35.5. The lowest BCUT2D eigenvalue weighted by Crippen LogP contribution is -2.31. The van der Waals surface area contributed by atoms with Crippen molar-refractivity contribution in [1.82, 2.24) is 14.8 Å². The highest BCUT2D eigenvalue weighted by Gasteiger charge is 2.33. The lowest BCUT2D eigenvalue weighted by Gasteiger charge is -2.28. The average Bonchev–Trinajstić information content (AvgIpc) is 3.12. The van der Waals surface area contributed by atoms with E-state index in [0.29, 0.717) is 22.2 Å². The molecule has 2 N–H and O–H groups in total. The van der Waals surface area contributed by atoms with Gasteiger partial charge in [-0.1, -0.05) is 48.0 Å². The van der Waals surface area contributed by atoms with Gasteiger partial charge in [-0.15, -0.1) is 0 Å². The zero-order valence-electron chi connectivity index (χ0n) is 14.9. The maximum atomic E-state index is 13.2. The lowest BCUT2D eigenvalue weighted by atomic mass is 9.95. The standard InChI is InChI=1S/C20H18ClN5O/c1-12-8-9-15(21)10-16(12)25-19(27)17-13(2)24-20-22-11-23-26(20)18(17)14-6-4-3-5-7-14/h3-11,18H,1-2H3,(H,25,27)(H,22,23,24)/t18-/m1/s1. The number of anilines is 2. The summed E-state index contributed by atoms with van der Waals surface area (Å²) >= 11 is 6.09. The Balaban J connectivity index is 1.77. The van der Waals surface area contributed by atoms with Crippen molar-refractivity contribution in [3.63, 3.8) is 0 Å². The van der Waals surface area contributed by atoms with Gasteiger partial charge in [0, 0.05) is 16.4 Å². The van der Waals surface area contributed by atoms with E-state index in [1.54, 1.807) is 16.8 Å². The Bertz CT molecular complexity index is 1040. The molecule has 1 aliphatic rings. The van der Waals surface area contributed by atoms with Crippen LogP contribution in [0, 0.1) is 6.92 Å². The normalized spacial score (nSPS) is 15.9. The second-order valence-corrected chi connectivity index (χ2v) is 6.85. The third-order valence-corrected chi connectivity index (χ3v) is 4.84. The second kappa shape index (κ2) is 6.89. The smallest absolute Gasteiger partial charge is 0.255 e. The molecule has 0 aliphatic carbocycles. The molecule has 27 heavy (non-hydrogen) atoms. The van der Waals surface area contributed by atoms with Crippen molar-refractivity contribution in [2.24, 2.45) is 0 Å². The zero-order chi connectivity index (χ0) is 19.0. The molecule has 3 aromatic rings. The lowest BCUT2D eigenvalue weighted by molar-refractivity contribution is -0.113. The molecule has 136 valence electrons. The number of halogens is 1. The van der Waals surface area contributed by atoms with Crippen molar-refractivity contribution >= 4 is 29.1 Å². The summed E-state index contributed by atoms with van der Waals surface area (Å²) in [5.41, 5.74) is 3.90. The Labute approximate surface area is 161 Å². The van der Waals surface area contributed by atoms with Crippen LogP contribution in [-0.4, -0.2) is 20.7 Å². The number of hydrogen-bond donors (Lipinski definition) is 2. The molecule has 1 aliphatic heterocycles. The molecule has 6 nitrogen and oxygen atoms in total. The van der Waals surface area contributed by atoms with E-state index in [-0.39, 0.29) is 11.9 Å². The van der Waals surface area contributed by atoms with Crippen LogP contribution in [0.5, 0.6) is 0 Å². The summed E-state index contributed by atoms with van der Waals surface area (Å²) in [5, 5.41) is 11.1. The van der Waals surface area contributed by atoms with Gasteiger partial charge in [0.15, 0.2) is 0 Å². The number of aromatic nitrogens is 3. The summed E-state index contributed by atoms with van der Waals surface area (Å²) in [6, 6.07) is 14.8. The quantitative estimate of drug-likeness (QED) is 0.716. The molecule has 4 rings (SSSR count).